The summed E-state index contributed by atoms with van der Waals surface area (Å²) >= 11 is 7.72. The van der Waals surface area contributed by atoms with Crippen molar-refractivity contribution < 1.29 is 4.79 Å². The lowest BCUT2D eigenvalue weighted by Gasteiger charge is -2.30. The highest BCUT2D eigenvalue weighted by Crippen LogP contribution is 2.26. The lowest BCUT2D eigenvalue weighted by molar-refractivity contribution is -0.121. The quantitative estimate of drug-likeness (QED) is 0.821. The van der Waals surface area contributed by atoms with E-state index in [0.29, 0.717) is 18.4 Å². The van der Waals surface area contributed by atoms with Gasteiger partial charge in [-0.1, -0.05) is 30.7 Å². The fourth-order valence-corrected chi connectivity index (χ4v) is 3.51. The average molecular weight is 313 g/mol. The monoisotopic (exact) mass is 312 g/mol. The smallest absolute Gasteiger partial charge is 0.221 e. The van der Waals surface area contributed by atoms with Crippen LogP contribution in [-0.2, 0) is 4.79 Å². The second-order valence-corrected chi connectivity index (χ2v) is 6.72. The molecule has 0 bridgehead atoms. The van der Waals surface area contributed by atoms with Crippen molar-refractivity contribution >= 4 is 29.3 Å². The van der Waals surface area contributed by atoms with Crippen molar-refractivity contribution in [3.8, 4) is 0 Å². The first-order valence-corrected chi connectivity index (χ1v) is 8.40. The van der Waals surface area contributed by atoms with E-state index < -0.39 is 0 Å². The molecule has 1 aromatic rings. The fraction of sp³-hybridized carbons (Fsp3) is 0.533. The molecule has 1 aliphatic heterocycles. The second-order valence-electron chi connectivity index (χ2n) is 5.17. The molecule has 1 amide bonds. The lowest BCUT2D eigenvalue weighted by atomic mass is 9.95. The third-order valence-electron chi connectivity index (χ3n) is 3.56. The number of carbonyl (C=O) groups excluding carboxylic acids is 1. The van der Waals surface area contributed by atoms with E-state index in [1.807, 2.05) is 24.3 Å². The van der Waals surface area contributed by atoms with Gasteiger partial charge < -0.3 is 10.6 Å². The molecule has 110 valence electrons. The van der Waals surface area contributed by atoms with Gasteiger partial charge in [0, 0.05) is 23.1 Å². The van der Waals surface area contributed by atoms with E-state index in [9.17, 15) is 4.79 Å². The molecule has 0 aliphatic carbocycles. The predicted molar refractivity (Wildman–Crippen MR) is 85.4 cm³/mol. The van der Waals surface area contributed by atoms with Crippen LogP contribution >= 0.6 is 23.4 Å². The van der Waals surface area contributed by atoms with Gasteiger partial charge in [0.2, 0.25) is 5.91 Å². The molecule has 5 heteroatoms. The van der Waals surface area contributed by atoms with Crippen LogP contribution in [-0.4, -0.2) is 30.8 Å². The number of benzene rings is 1. The molecule has 1 aromatic carbocycles. The van der Waals surface area contributed by atoms with Gasteiger partial charge in [0.25, 0.3) is 0 Å². The molecule has 2 rings (SSSR count). The normalized spacial score (nSPS) is 22.5. The number of carbonyl (C=O) groups is 1. The van der Waals surface area contributed by atoms with Crippen molar-refractivity contribution in [3.63, 3.8) is 0 Å². The third kappa shape index (κ3) is 4.69. The summed E-state index contributed by atoms with van der Waals surface area (Å²) in [6.07, 6.45) is 1.55. The second kappa shape index (κ2) is 7.91. The van der Waals surface area contributed by atoms with Crippen LogP contribution in [0.1, 0.15) is 19.8 Å². The van der Waals surface area contributed by atoms with Crippen LogP contribution in [0.15, 0.2) is 29.2 Å². The van der Waals surface area contributed by atoms with E-state index in [0.717, 1.165) is 35.2 Å². The molecule has 2 N–H and O–H groups in total. The largest absolute Gasteiger partial charge is 0.353 e. The molecule has 0 saturated carbocycles. The molecule has 2 unspecified atom stereocenters. The first kappa shape index (κ1) is 15.7. The lowest BCUT2D eigenvalue weighted by Crippen LogP contribution is -2.48. The molecular formula is C15H21ClN2OS. The van der Waals surface area contributed by atoms with E-state index in [4.69, 9.17) is 11.6 Å². The molecule has 2 atom stereocenters. The van der Waals surface area contributed by atoms with Gasteiger partial charge >= 0.3 is 0 Å². The van der Waals surface area contributed by atoms with Crippen LogP contribution in [0, 0.1) is 5.92 Å². The molecule has 1 saturated heterocycles. The minimum atomic E-state index is 0.142. The minimum Gasteiger partial charge on any atom is -0.353 e. The Labute approximate surface area is 129 Å². The highest BCUT2D eigenvalue weighted by Gasteiger charge is 2.22. The minimum absolute atomic E-state index is 0.142. The Kier molecular flexibility index (Phi) is 6.20. The standard InChI is InChI=1S/C15H21ClN2OS/c1-11-10-17-8-6-13(11)18-15(19)7-9-20-14-5-3-2-4-12(14)16/h2-5,11,13,17H,6-10H2,1H3,(H,18,19). The Morgan fingerprint density at radius 1 is 1.50 bits per heavy atom. The van der Waals surface area contributed by atoms with E-state index >= 15 is 0 Å². The van der Waals surface area contributed by atoms with Crippen LogP contribution in [0.2, 0.25) is 5.02 Å². The van der Waals surface area contributed by atoms with Gasteiger partial charge in [-0.3, -0.25) is 4.79 Å². The van der Waals surface area contributed by atoms with Gasteiger partial charge in [0.1, 0.15) is 0 Å². The zero-order valence-electron chi connectivity index (χ0n) is 11.7. The number of hydrogen-bond donors (Lipinski definition) is 2. The van der Waals surface area contributed by atoms with E-state index in [1.54, 1.807) is 11.8 Å². The summed E-state index contributed by atoms with van der Waals surface area (Å²) in [6, 6.07) is 8.05. The van der Waals surface area contributed by atoms with Crippen LogP contribution in [0.25, 0.3) is 0 Å². The van der Waals surface area contributed by atoms with Crippen LogP contribution < -0.4 is 10.6 Å². The Hall–Kier alpha value is -0.710. The summed E-state index contributed by atoms with van der Waals surface area (Å²) in [7, 11) is 0. The molecular weight excluding hydrogens is 292 g/mol. The number of rotatable bonds is 5. The Balaban J connectivity index is 1.71. The van der Waals surface area contributed by atoms with Crippen LogP contribution in [0.5, 0.6) is 0 Å². The summed E-state index contributed by atoms with van der Waals surface area (Å²) < 4.78 is 0. The van der Waals surface area contributed by atoms with Crippen molar-refractivity contribution in [1.29, 1.82) is 0 Å². The summed E-state index contributed by atoms with van der Waals surface area (Å²) in [5.74, 6) is 1.40. The number of hydrogen-bond acceptors (Lipinski definition) is 3. The van der Waals surface area contributed by atoms with Crippen molar-refractivity contribution in [2.24, 2.45) is 5.92 Å². The molecule has 1 aliphatic rings. The Morgan fingerprint density at radius 3 is 3.05 bits per heavy atom. The molecule has 1 fully saturated rings. The van der Waals surface area contributed by atoms with Gasteiger partial charge in [-0.2, -0.15) is 0 Å². The van der Waals surface area contributed by atoms with Crippen LogP contribution in [0.4, 0.5) is 0 Å². The summed E-state index contributed by atoms with van der Waals surface area (Å²) in [4.78, 5) is 13.0. The van der Waals surface area contributed by atoms with Gasteiger partial charge in [-0.15, -0.1) is 11.8 Å². The summed E-state index contributed by atoms with van der Waals surface area (Å²) in [6.45, 7) is 4.15. The number of nitrogens with one attached hydrogen (secondary N) is 2. The van der Waals surface area contributed by atoms with Crippen molar-refractivity contribution in [2.45, 2.75) is 30.7 Å². The Bertz CT molecular complexity index is 455. The highest BCUT2D eigenvalue weighted by molar-refractivity contribution is 7.99. The number of piperidine rings is 1. The molecule has 0 aromatic heterocycles. The average Bonchev–Trinajstić information content (AvgIpc) is 2.43. The van der Waals surface area contributed by atoms with Crippen molar-refractivity contribution in [3.05, 3.63) is 29.3 Å². The van der Waals surface area contributed by atoms with Crippen molar-refractivity contribution in [2.75, 3.05) is 18.8 Å². The molecule has 20 heavy (non-hydrogen) atoms. The SMILES string of the molecule is CC1CNCCC1NC(=O)CCSc1ccccc1Cl. The number of thioether (sulfide) groups is 1. The van der Waals surface area contributed by atoms with E-state index in [1.165, 1.54) is 0 Å². The molecule has 0 radical (unpaired) electrons. The molecule has 1 heterocycles. The number of halogens is 1. The van der Waals surface area contributed by atoms with Crippen molar-refractivity contribution in [1.82, 2.24) is 10.6 Å². The van der Waals surface area contributed by atoms with Crippen LogP contribution in [0.3, 0.4) is 0 Å². The zero-order valence-corrected chi connectivity index (χ0v) is 13.3. The maximum Gasteiger partial charge on any atom is 0.221 e. The maximum atomic E-state index is 12.0. The van der Waals surface area contributed by atoms with Gasteiger partial charge in [-0.25, -0.2) is 0 Å². The third-order valence-corrected chi connectivity index (χ3v) is 5.07. The summed E-state index contributed by atoms with van der Waals surface area (Å²) in [5.41, 5.74) is 0. The first-order chi connectivity index (χ1) is 9.66. The van der Waals surface area contributed by atoms with E-state index in [-0.39, 0.29) is 5.91 Å². The predicted octanol–water partition coefficient (Wildman–Crippen LogP) is 2.94. The van der Waals surface area contributed by atoms with E-state index in [2.05, 4.69) is 17.6 Å². The summed E-state index contributed by atoms with van der Waals surface area (Å²) in [5, 5.41) is 7.24. The van der Waals surface area contributed by atoms with Gasteiger partial charge in [0.05, 0.1) is 5.02 Å². The maximum absolute atomic E-state index is 12.0. The van der Waals surface area contributed by atoms with Gasteiger partial charge in [0.15, 0.2) is 0 Å². The zero-order chi connectivity index (χ0) is 14.4. The topological polar surface area (TPSA) is 41.1 Å². The van der Waals surface area contributed by atoms with Gasteiger partial charge in [-0.05, 0) is 37.6 Å². The first-order valence-electron chi connectivity index (χ1n) is 7.04. The number of amides is 1. The highest BCUT2D eigenvalue weighted by atomic mass is 35.5. The molecule has 0 spiro atoms. The Morgan fingerprint density at radius 2 is 2.30 bits per heavy atom. The molecule has 3 nitrogen and oxygen atoms in total. The fourth-order valence-electron chi connectivity index (χ4n) is 2.32.